The second-order valence-corrected chi connectivity index (χ2v) is 4.58. The maximum Gasteiger partial charge on any atom is 0.135 e. The first kappa shape index (κ1) is 10.3. The molecular weight excluding hydrogens is 236 g/mol. The summed E-state index contributed by atoms with van der Waals surface area (Å²) in [6.45, 7) is 4.08. The average molecular weight is 246 g/mol. The molecule has 0 aliphatic carbocycles. The lowest BCUT2D eigenvalue weighted by Gasteiger charge is -2.06. The second-order valence-electron chi connectivity index (χ2n) is 4.58. The van der Waals surface area contributed by atoms with Crippen LogP contribution in [0.2, 0.25) is 0 Å². The molecular formula is C16H10N2O. The number of pyridine rings is 1. The molecule has 0 unspecified atom stereocenters. The summed E-state index contributed by atoms with van der Waals surface area (Å²) in [7, 11) is 0. The summed E-state index contributed by atoms with van der Waals surface area (Å²) >= 11 is 0. The van der Waals surface area contributed by atoms with Crippen LogP contribution in [0.15, 0.2) is 47.6 Å². The van der Waals surface area contributed by atoms with Gasteiger partial charge >= 0.3 is 0 Å². The summed E-state index contributed by atoms with van der Waals surface area (Å²) in [6.07, 6.45) is 1.70. The number of fused-ring (bicyclic) bond motifs is 4. The van der Waals surface area contributed by atoms with E-state index in [0.717, 1.165) is 32.8 Å². The Bertz CT molecular complexity index is 945. The maximum absolute atomic E-state index is 10.5. The van der Waals surface area contributed by atoms with Crippen LogP contribution in [0.25, 0.3) is 28.6 Å². The van der Waals surface area contributed by atoms with Crippen molar-refractivity contribution >= 4 is 23.2 Å². The molecule has 0 atom stereocenters. The number of benzene rings is 2. The smallest absolute Gasteiger partial charge is 0.135 e. The van der Waals surface area contributed by atoms with Gasteiger partial charge in [0.15, 0.2) is 0 Å². The van der Waals surface area contributed by atoms with Crippen molar-refractivity contribution in [3.8, 4) is 16.9 Å². The zero-order chi connectivity index (χ0) is 13.0. The number of hydrogen-bond acceptors (Lipinski definition) is 3. The van der Waals surface area contributed by atoms with Crippen molar-refractivity contribution in [3.05, 3.63) is 53.2 Å². The Morgan fingerprint density at radius 3 is 2.79 bits per heavy atom. The van der Waals surface area contributed by atoms with Crippen LogP contribution in [0.4, 0.5) is 5.69 Å². The first-order valence-corrected chi connectivity index (χ1v) is 6.04. The second kappa shape index (κ2) is 3.42. The molecule has 90 valence electrons. The third kappa shape index (κ3) is 1.21. The predicted octanol–water partition coefficient (Wildman–Crippen LogP) is 2.28. The quantitative estimate of drug-likeness (QED) is 0.517. The van der Waals surface area contributed by atoms with E-state index in [9.17, 15) is 5.11 Å². The van der Waals surface area contributed by atoms with Gasteiger partial charge in [-0.1, -0.05) is 24.8 Å². The van der Waals surface area contributed by atoms with Crippen molar-refractivity contribution in [3.63, 3.8) is 0 Å². The van der Waals surface area contributed by atoms with Crippen LogP contribution in [0.3, 0.4) is 0 Å². The third-order valence-corrected chi connectivity index (χ3v) is 3.51. The first-order chi connectivity index (χ1) is 9.27. The molecule has 0 radical (unpaired) electrons. The molecule has 1 aliphatic rings. The monoisotopic (exact) mass is 246 g/mol. The molecule has 3 heteroatoms. The molecule has 0 saturated heterocycles. The van der Waals surface area contributed by atoms with E-state index in [2.05, 4.69) is 16.6 Å². The van der Waals surface area contributed by atoms with E-state index < -0.39 is 0 Å². The number of rotatable bonds is 0. The molecule has 3 nitrogen and oxygen atoms in total. The van der Waals surface area contributed by atoms with Crippen LogP contribution < -0.4 is 10.6 Å². The fourth-order valence-corrected chi connectivity index (χ4v) is 2.63. The minimum atomic E-state index is 0.235. The molecule has 0 saturated carbocycles. The number of aromatic hydroxyl groups is 1. The third-order valence-electron chi connectivity index (χ3n) is 3.51. The van der Waals surface area contributed by atoms with E-state index in [1.807, 2.05) is 36.4 Å². The van der Waals surface area contributed by atoms with Gasteiger partial charge in [-0.15, -0.1) is 0 Å². The maximum atomic E-state index is 10.5. The average Bonchev–Trinajstić information content (AvgIpc) is 2.84. The predicted molar refractivity (Wildman–Crippen MR) is 74.8 cm³/mol. The minimum Gasteiger partial charge on any atom is -0.507 e. The van der Waals surface area contributed by atoms with E-state index in [-0.39, 0.29) is 5.75 Å². The molecule has 1 aliphatic heterocycles. The summed E-state index contributed by atoms with van der Waals surface area (Å²) in [4.78, 5) is 8.86. The van der Waals surface area contributed by atoms with Gasteiger partial charge in [-0.05, 0) is 18.2 Å². The number of phenolic OH excluding ortho intramolecular Hbond substituents is 1. The lowest BCUT2D eigenvalue weighted by atomic mass is 10.0. The van der Waals surface area contributed by atoms with Gasteiger partial charge in [0.05, 0.1) is 22.1 Å². The van der Waals surface area contributed by atoms with E-state index in [1.54, 1.807) is 6.20 Å². The van der Waals surface area contributed by atoms with E-state index in [1.165, 1.54) is 0 Å². The zero-order valence-corrected chi connectivity index (χ0v) is 10.1. The molecule has 1 aromatic heterocycles. The van der Waals surface area contributed by atoms with Gasteiger partial charge in [-0.2, -0.15) is 0 Å². The minimum absolute atomic E-state index is 0.235. The SMILES string of the molecule is C=c1c2c(c(O)c3cccnc13)-c1ccccc1N=2. The summed E-state index contributed by atoms with van der Waals surface area (Å²) in [5.41, 5.74) is 3.29. The summed E-state index contributed by atoms with van der Waals surface area (Å²) in [6, 6.07) is 11.4. The van der Waals surface area contributed by atoms with E-state index >= 15 is 0 Å². The highest BCUT2D eigenvalue weighted by Crippen LogP contribution is 2.39. The normalized spacial score (nSPS) is 12.0. The Hall–Kier alpha value is -2.68. The van der Waals surface area contributed by atoms with Crippen LogP contribution in [-0.4, -0.2) is 10.1 Å². The van der Waals surface area contributed by atoms with Gasteiger partial charge in [0.25, 0.3) is 0 Å². The molecule has 0 fully saturated rings. The van der Waals surface area contributed by atoms with Gasteiger partial charge in [-0.3, -0.25) is 4.98 Å². The molecule has 19 heavy (non-hydrogen) atoms. The molecule has 0 amide bonds. The number of hydrogen-bond donors (Lipinski definition) is 1. The lowest BCUT2D eigenvalue weighted by molar-refractivity contribution is 0.483. The standard InChI is InChI=1S/C16H10N2O/c1-9-14-11(6-4-8-17-14)16(19)13-10-5-2-3-7-12(10)18-15(9)13/h2-8,19H,1H2. The number of phenols is 1. The van der Waals surface area contributed by atoms with Crippen molar-refractivity contribution in [2.24, 2.45) is 4.99 Å². The molecule has 2 aromatic carbocycles. The molecule has 1 N–H and O–H groups in total. The number of para-hydroxylation sites is 1. The number of aromatic nitrogens is 1. The van der Waals surface area contributed by atoms with Crippen molar-refractivity contribution in [2.75, 3.05) is 0 Å². The summed E-state index contributed by atoms with van der Waals surface area (Å²) in [5, 5.41) is 12.7. The van der Waals surface area contributed by atoms with Crippen molar-refractivity contribution in [1.29, 1.82) is 0 Å². The van der Waals surface area contributed by atoms with Crippen LogP contribution in [0, 0.1) is 0 Å². The van der Waals surface area contributed by atoms with Crippen molar-refractivity contribution in [2.45, 2.75) is 0 Å². The zero-order valence-electron chi connectivity index (χ0n) is 10.1. The van der Waals surface area contributed by atoms with Gasteiger partial charge in [0, 0.05) is 22.4 Å². The Labute approximate surface area is 109 Å². The molecule has 0 bridgehead atoms. The molecule has 4 rings (SSSR count). The highest BCUT2D eigenvalue weighted by atomic mass is 16.3. The summed E-state index contributed by atoms with van der Waals surface area (Å²) < 4.78 is 0. The van der Waals surface area contributed by atoms with E-state index in [0.29, 0.717) is 5.52 Å². The Morgan fingerprint density at radius 2 is 1.89 bits per heavy atom. The largest absolute Gasteiger partial charge is 0.507 e. The van der Waals surface area contributed by atoms with Crippen LogP contribution in [0.5, 0.6) is 5.75 Å². The van der Waals surface area contributed by atoms with Crippen LogP contribution >= 0.6 is 0 Å². The van der Waals surface area contributed by atoms with Crippen LogP contribution in [0.1, 0.15) is 0 Å². The lowest BCUT2D eigenvalue weighted by Crippen LogP contribution is -2.25. The van der Waals surface area contributed by atoms with Crippen molar-refractivity contribution in [1.82, 2.24) is 4.98 Å². The highest BCUT2D eigenvalue weighted by Gasteiger charge is 2.20. The molecule has 3 aromatic rings. The van der Waals surface area contributed by atoms with Gasteiger partial charge in [0.2, 0.25) is 0 Å². The van der Waals surface area contributed by atoms with Gasteiger partial charge < -0.3 is 5.11 Å². The fraction of sp³-hybridized carbons (Fsp3) is 0. The Kier molecular flexibility index (Phi) is 1.85. The van der Waals surface area contributed by atoms with Crippen LogP contribution in [-0.2, 0) is 0 Å². The number of nitrogens with zero attached hydrogens (tertiary/aromatic N) is 2. The fourth-order valence-electron chi connectivity index (χ4n) is 2.63. The van der Waals surface area contributed by atoms with E-state index in [4.69, 9.17) is 0 Å². The molecule has 2 heterocycles. The Balaban J connectivity index is 2.31. The van der Waals surface area contributed by atoms with Gasteiger partial charge in [-0.25, -0.2) is 4.99 Å². The van der Waals surface area contributed by atoms with Gasteiger partial charge in [0.1, 0.15) is 5.75 Å². The highest BCUT2D eigenvalue weighted by molar-refractivity contribution is 5.96. The Morgan fingerprint density at radius 1 is 1.05 bits per heavy atom. The first-order valence-electron chi connectivity index (χ1n) is 6.04. The summed E-state index contributed by atoms with van der Waals surface area (Å²) in [5.74, 6) is 0.235. The topological polar surface area (TPSA) is 45.5 Å². The molecule has 0 spiro atoms. The van der Waals surface area contributed by atoms with Crippen molar-refractivity contribution < 1.29 is 5.11 Å².